The zero-order valence-corrected chi connectivity index (χ0v) is 29.2. The van der Waals surface area contributed by atoms with Gasteiger partial charge in [-0.15, -0.1) is 71.8 Å². The van der Waals surface area contributed by atoms with E-state index in [1.807, 2.05) is 49.4 Å². The van der Waals surface area contributed by atoms with Crippen LogP contribution in [0.15, 0.2) is 91.3 Å². The summed E-state index contributed by atoms with van der Waals surface area (Å²) < 4.78 is 26.6. The summed E-state index contributed by atoms with van der Waals surface area (Å²) >= 11 is 0. The van der Waals surface area contributed by atoms with E-state index in [1.54, 1.807) is 16.9 Å². The van der Waals surface area contributed by atoms with E-state index in [-0.39, 0.29) is 20.1 Å². The van der Waals surface area contributed by atoms with E-state index < -0.39 is 19.7 Å². The molecule has 0 N–H and O–H groups in total. The first-order valence-electron chi connectivity index (χ1n) is 15.0. The summed E-state index contributed by atoms with van der Waals surface area (Å²) in [7, 11) is -1.35. The molecule has 44 heavy (non-hydrogen) atoms. The average molecular weight is 781 g/mol. The minimum Gasteiger partial charge on any atom is -0.305 e. The van der Waals surface area contributed by atoms with Crippen molar-refractivity contribution in [3.05, 3.63) is 126 Å². The fourth-order valence-electron chi connectivity index (χ4n) is 5.83. The molecule has 0 spiro atoms. The van der Waals surface area contributed by atoms with Gasteiger partial charge in [0.15, 0.2) is 0 Å². The van der Waals surface area contributed by atoms with E-state index in [0.717, 1.165) is 40.1 Å². The Morgan fingerprint density at radius 1 is 0.773 bits per heavy atom. The van der Waals surface area contributed by atoms with Gasteiger partial charge in [-0.2, -0.15) is 0 Å². The topological polar surface area (TPSA) is 25.8 Å². The van der Waals surface area contributed by atoms with Crippen LogP contribution in [0, 0.1) is 36.6 Å². The first kappa shape index (κ1) is 33.6. The summed E-state index contributed by atoms with van der Waals surface area (Å²) in [5.74, 6) is -0.306. The van der Waals surface area contributed by atoms with Gasteiger partial charge in [0.1, 0.15) is 11.6 Å². The number of aromatic nitrogens is 2. The molecule has 1 aliphatic rings. The Labute approximate surface area is 275 Å². The SMILES string of the molecule is C[Si](C)(C)c1cnc(-c2[c-]cccc2)cc1CC1CCCC1.Cc1cc(-c2[c-]cccc2)ncc1-c1cc(F)cc(F)c1.[Ir]. The summed E-state index contributed by atoms with van der Waals surface area (Å²) in [5.41, 5.74) is 7.52. The van der Waals surface area contributed by atoms with Crippen molar-refractivity contribution in [3.63, 3.8) is 0 Å². The smallest absolute Gasteiger partial charge is 0.126 e. The molecule has 0 saturated heterocycles. The third-order valence-electron chi connectivity index (χ3n) is 8.04. The van der Waals surface area contributed by atoms with Crippen LogP contribution < -0.4 is 5.19 Å². The van der Waals surface area contributed by atoms with Crippen LogP contribution in [0.5, 0.6) is 0 Å². The number of aryl methyl sites for hydroxylation is 1. The fraction of sp³-hybridized carbons (Fsp3) is 0.263. The maximum absolute atomic E-state index is 13.3. The number of hydrogen-bond acceptors (Lipinski definition) is 2. The number of rotatable bonds is 6. The molecule has 229 valence electrons. The predicted molar refractivity (Wildman–Crippen MR) is 176 cm³/mol. The van der Waals surface area contributed by atoms with Gasteiger partial charge >= 0.3 is 0 Å². The number of nitrogens with zero attached hydrogens (tertiary/aromatic N) is 2. The molecule has 5 aromatic rings. The maximum atomic E-state index is 13.3. The van der Waals surface area contributed by atoms with E-state index in [0.29, 0.717) is 11.1 Å². The molecular formula is C38H38F2IrN2Si-2. The van der Waals surface area contributed by atoms with Crippen LogP contribution in [0.1, 0.15) is 36.8 Å². The van der Waals surface area contributed by atoms with Crippen LogP contribution in [-0.4, -0.2) is 18.0 Å². The Balaban J connectivity index is 0.000000197. The molecular weight excluding hydrogens is 743 g/mol. The van der Waals surface area contributed by atoms with Crippen LogP contribution in [0.2, 0.25) is 19.6 Å². The first-order chi connectivity index (χ1) is 20.7. The second-order valence-corrected chi connectivity index (χ2v) is 17.5. The predicted octanol–water partition coefficient (Wildman–Crippen LogP) is 9.63. The van der Waals surface area contributed by atoms with Gasteiger partial charge in [0, 0.05) is 44.1 Å². The van der Waals surface area contributed by atoms with Crippen LogP contribution >= 0.6 is 0 Å². The van der Waals surface area contributed by atoms with Crippen molar-refractivity contribution in [2.24, 2.45) is 5.92 Å². The molecule has 0 unspecified atom stereocenters. The van der Waals surface area contributed by atoms with Crippen LogP contribution in [0.3, 0.4) is 0 Å². The molecule has 0 atom stereocenters. The molecule has 2 aromatic heterocycles. The number of benzene rings is 3. The molecule has 3 aromatic carbocycles. The summed E-state index contributed by atoms with van der Waals surface area (Å²) in [6.45, 7) is 9.18. The fourth-order valence-corrected chi connectivity index (χ4v) is 7.42. The van der Waals surface area contributed by atoms with Crippen molar-refractivity contribution in [2.45, 2.75) is 58.7 Å². The van der Waals surface area contributed by atoms with Crippen molar-refractivity contribution in [2.75, 3.05) is 0 Å². The minimum atomic E-state index is -1.35. The van der Waals surface area contributed by atoms with Crippen molar-refractivity contribution in [3.8, 4) is 33.6 Å². The van der Waals surface area contributed by atoms with Gasteiger partial charge in [-0.3, -0.25) is 0 Å². The summed E-state index contributed by atoms with van der Waals surface area (Å²) in [4.78, 5) is 9.12. The van der Waals surface area contributed by atoms with Gasteiger partial charge in [0.05, 0.1) is 8.07 Å². The minimum absolute atomic E-state index is 0. The number of pyridine rings is 2. The molecule has 1 fully saturated rings. The summed E-state index contributed by atoms with van der Waals surface area (Å²) in [6.07, 6.45) is 10.7. The van der Waals surface area contributed by atoms with Crippen LogP contribution in [0.25, 0.3) is 33.6 Å². The molecule has 2 nitrogen and oxygen atoms in total. The van der Waals surface area contributed by atoms with E-state index in [9.17, 15) is 8.78 Å². The Bertz CT molecular complexity index is 1640. The quantitative estimate of drug-likeness (QED) is 0.127. The van der Waals surface area contributed by atoms with Gasteiger partial charge in [-0.1, -0.05) is 63.0 Å². The molecule has 1 aliphatic carbocycles. The Kier molecular flexibility index (Phi) is 11.5. The summed E-state index contributed by atoms with van der Waals surface area (Å²) in [5, 5.41) is 1.54. The number of hydrogen-bond donors (Lipinski definition) is 0. The Morgan fingerprint density at radius 2 is 1.34 bits per heavy atom. The van der Waals surface area contributed by atoms with Crippen molar-refractivity contribution >= 4 is 13.3 Å². The van der Waals surface area contributed by atoms with E-state index in [1.165, 1.54) is 44.2 Å². The molecule has 6 heteroatoms. The number of halogens is 2. The normalized spacial score (nSPS) is 13.1. The third-order valence-corrected chi connectivity index (χ3v) is 10.1. The van der Waals surface area contributed by atoms with E-state index >= 15 is 0 Å². The molecule has 0 amide bonds. The van der Waals surface area contributed by atoms with Crippen molar-refractivity contribution < 1.29 is 28.9 Å². The van der Waals surface area contributed by atoms with Crippen LogP contribution in [0.4, 0.5) is 8.78 Å². The monoisotopic (exact) mass is 781 g/mol. The average Bonchev–Trinajstić information content (AvgIpc) is 3.50. The molecule has 2 heterocycles. The van der Waals surface area contributed by atoms with Crippen molar-refractivity contribution in [1.82, 2.24) is 9.97 Å². The molecule has 1 radical (unpaired) electrons. The van der Waals surface area contributed by atoms with E-state index in [2.05, 4.69) is 61.2 Å². The van der Waals surface area contributed by atoms with Gasteiger partial charge in [-0.25, -0.2) is 8.78 Å². The zero-order valence-electron chi connectivity index (χ0n) is 25.8. The molecule has 0 bridgehead atoms. The first-order valence-corrected chi connectivity index (χ1v) is 18.5. The van der Waals surface area contributed by atoms with Gasteiger partial charge in [-0.05, 0) is 59.1 Å². The largest absolute Gasteiger partial charge is 0.305 e. The maximum Gasteiger partial charge on any atom is 0.126 e. The molecule has 6 rings (SSSR count). The van der Waals surface area contributed by atoms with Crippen molar-refractivity contribution in [1.29, 1.82) is 0 Å². The molecule has 0 aliphatic heterocycles. The molecule has 1 saturated carbocycles. The standard InChI is InChI=1S/C20H26NSi.C18H12F2N.Ir/c1-22(2,3)20-15-21-19(17-11-5-4-6-12-17)14-18(20)13-16-9-7-8-10-16;1-12-7-18(13-5-3-2-4-6-13)21-11-17(12)14-8-15(19)10-16(20)9-14;/h4-6,11,14-16H,7-10,13H2,1-3H3;2-5,7-11H,1H3;/q2*-1;. The van der Waals surface area contributed by atoms with E-state index in [4.69, 9.17) is 4.98 Å². The van der Waals surface area contributed by atoms with Gasteiger partial charge in [0.25, 0.3) is 0 Å². The van der Waals surface area contributed by atoms with Gasteiger partial charge in [0.2, 0.25) is 0 Å². The Morgan fingerprint density at radius 3 is 1.86 bits per heavy atom. The Hall–Kier alpha value is -3.31. The summed E-state index contributed by atoms with van der Waals surface area (Å²) in [6, 6.07) is 29.8. The van der Waals surface area contributed by atoms with Gasteiger partial charge < -0.3 is 9.97 Å². The third kappa shape index (κ3) is 8.65. The zero-order chi connectivity index (χ0) is 30.4. The second kappa shape index (κ2) is 15.1. The van der Waals surface area contributed by atoms with Crippen LogP contribution in [-0.2, 0) is 26.5 Å². The second-order valence-electron chi connectivity index (χ2n) is 12.4.